The van der Waals surface area contributed by atoms with Crippen LogP contribution in [0.15, 0.2) is 36.4 Å². The molecule has 0 N–H and O–H groups in total. The third-order valence-electron chi connectivity index (χ3n) is 3.61. The number of ether oxygens (including phenoxy) is 1. The van der Waals surface area contributed by atoms with E-state index < -0.39 is 0 Å². The Balaban J connectivity index is 1.98. The highest BCUT2D eigenvalue weighted by atomic mass is 16.5. The molecule has 3 nitrogen and oxygen atoms in total. The normalized spacial score (nSPS) is 15.7. The number of morpholine rings is 1. The number of nitrogens with zero attached hydrogens (tertiary/aromatic N) is 1. The third-order valence-corrected chi connectivity index (χ3v) is 3.61. The SMILES string of the molecule is Cc1cc(C(=O)N2CCOCC2)cc2ccccc12. The second-order valence-corrected chi connectivity index (χ2v) is 4.92. The minimum absolute atomic E-state index is 0.108. The number of fused-ring (bicyclic) bond motifs is 1. The Morgan fingerprint density at radius 3 is 2.68 bits per heavy atom. The summed E-state index contributed by atoms with van der Waals surface area (Å²) in [6.07, 6.45) is 0. The van der Waals surface area contributed by atoms with E-state index in [1.165, 1.54) is 5.39 Å². The maximum atomic E-state index is 12.5. The van der Waals surface area contributed by atoms with Crippen LogP contribution in [0.3, 0.4) is 0 Å². The van der Waals surface area contributed by atoms with Crippen molar-refractivity contribution >= 4 is 16.7 Å². The zero-order valence-electron chi connectivity index (χ0n) is 11.1. The molecule has 0 aromatic heterocycles. The van der Waals surface area contributed by atoms with E-state index in [2.05, 4.69) is 19.1 Å². The summed E-state index contributed by atoms with van der Waals surface area (Å²) in [5.41, 5.74) is 1.92. The van der Waals surface area contributed by atoms with Crippen LogP contribution < -0.4 is 0 Å². The Morgan fingerprint density at radius 1 is 1.16 bits per heavy atom. The highest BCUT2D eigenvalue weighted by Crippen LogP contribution is 2.21. The fourth-order valence-electron chi connectivity index (χ4n) is 2.57. The van der Waals surface area contributed by atoms with Gasteiger partial charge in [-0.15, -0.1) is 0 Å². The van der Waals surface area contributed by atoms with Crippen LogP contribution in [0.2, 0.25) is 0 Å². The molecular formula is C16H17NO2. The van der Waals surface area contributed by atoms with E-state index in [0.29, 0.717) is 26.3 Å². The standard InChI is InChI=1S/C16H17NO2/c1-12-10-14(11-13-4-2-3-5-15(12)13)16(18)17-6-8-19-9-7-17/h2-5,10-11H,6-9H2,1H3. The van der Waals surface area contributed by atoms with E-state index in [1.54, 1.807) is 0 Å². The monoisotopic (exact) mass is 255 g/mol. The molecule has 1 aliphatic rings. The lowest BCUT2D eigenvalue weighted by atomic mass is 10.0. The Bertz CT molecular complexity index is 615. The first-order chi connectivity index (χ1) is 9.25. The van der Waals surface area contributed by atoms with Crippen molar-refractivity contribution in [2.45, 2.75) is 6.92 Å². The molecule has 1 amide bonds. The van der Waals surface area contributed by atoms with Gasteiger partial charge in [-0.05, 0) is 35.4 Å². The summed E-state index contributed by atoms with van der Waals surface area (Å²) in [6, 6.07) is 12.1. The fourth-order valence-corrected chi connectivity index (χ4v) is 2.57. The van der Waals surface area contributed by atoms with Crippen LogP contribution in [0.4, 0.5) is 0 Å². The zero-order valence-corrected chi connectivity index (χ0v) is 11.1. The van der Waals surface area contributed by atoms with Gasteiger partial charge in [-0.25, -0.2) is 0 Å². The molecule has 1 fully saturated rings. The van der Waals surface area contributed by atoms with Crippen molar-refractivity contribution in [3.8, 4) is 0 Å². The van der Waals surface area contributed by atoms with Gasteiger partial charge in [-0.1, -0.05) is 24.3 Å². The first kappa shape index (κ1) is 12.2. The Hall–Kier alpha value is -1.87. The summed E-state index contributed by atoms with van der Waals surface area (Å²) in [6.45, 7) is 4.70. The van der Waals surface area contributed by atoms with Gasteiger partial charge in [0.2, 0.25) is 0 Å². The lowest BCUT2D eigenvalue weighted by Crippen LogP contribution is -2.40. The predicted molar refractivity (Wildman–Crippen MR) is 75.4 cm³/mol. The zero-order chi connectivity index (χ0) is 13.2. The van der Waals surface area contributed by atoms with Crippen LogP contribution in [0.25, 0.3) is 10.8 Å². The third kappa shape index (κ3) is 2.34. The van der Waals surface area contributed by atoms with Gasteiger partial charge in [-0.2, -0.15) is 0 Å². The maximum absolute atomic E-state index is 12.5. The smallest absolute Gasteiger partial charge is 0.254 e. The number of rotatable bonds is 1. The number of carbonyl (C=O) groups excluding carboxylic acids is 1. The first-order valence-electron chi connectivity index (χ1n) is 6.62. The van der Waals surface area contributed by atoms with Crippen LogP contribution in [0.1, 0.15) is 15.9 Å². The molecule has 0 bridgehead atoms. The Morgan fingerprint density at radius 2 is 1.89 bits per heavy atom. The lowest BCUT2D eigenvalue weighted by molar-refractivity contribution is 0.0303. The highest BCUT2D eigenvalue weighted by molar-refractivity contribution is 5.99. The quantitative estimate of drug-likeness (QED) is 0.784. The van der Waals surface area contributed by atoms with Crippen molar-refractivity contribution < 1.29 is 9.53 Å². The van der Waals surface area contributed by atoms with E-state index >= 15 is 0 Å². The number of benzene rings is 2. The maximum Gasteiger partial charge on any atom is 0.254 e. The second kappa shape index (κ2) is 5.02. The molecule has 0 aliphatic carbocycles. The minimum Gasteiger partial charge on any atom is -0.378 e. The van der Waals surface area contributed by atoms with Crippen molar-refractivity contribution in [2.75, 3.05) is 26.3 Å². The van der Waals surface area contributed by atoms with E-state index in [9.17, 15) is 4.79 Å². The van der Waals surface area contributed by atoms with E-state index in [4.69, 9.17) is 4.74 Å². The number of carbonyl (C=O) groups is 1. The average molecular weight is 255 g/mol. The van der Waals surface area contributed by atoms with Crippen LogP contribution in [0, 0.1) is 6.92 Å². The molecular weight excluding hydrogens is 238 g/mol. The van der Waals surface area contributed by atoms with Gasteiger partial charge < -0.3 is 9.64 Å². The number of aryl methyl sites for hydroxylation is 1. The summed E-state index contributed by atoms with van der Waals surface area (Å²) < 4.78 is 5.29. The van der Waals surface area contributed by atoms with Gasteiger partial charge in [0, 0.05) is 18.7 Å². The average Bonchev–Trinajstić information content (AvgIpc) is 2.47. The molecule has 2 aromatic rings. The molecule has 1 aliphatic heterocycles. The highest BCUT2D eigenvalue weighted by Gasteiger charge is 2.19. The molecule has 0 radical (unpaired) electrons. The van der Waals surface area contributed by atoms with Crippen molar-refractivity contribution in [1.82, 2.24) is 4.90 Å². The lowest BCUT2D eigenvalue weighted by Gasteiger charge is -2.27. The topological polar surface area (TPSA) is 29.5 Å². The van der Waals surface area contributed by atoms with Crippen molar-refractivity contribution in [3.63, 3.8) is 0 Å². The number of hydrogen-bond acceptors (Lipinski definition) is 2. The van der Waals surface area contributed by atoms with Gasteiger partial charge in [0.1, 0.15) is 0 Å². The van der Waals surface area contributed by atoms with E-state index in [-0.39, 0.29) is 5.91 Å². The van der Waals surface area contributed by atoms with Crippen LogP contribution in [-0.2, 0) is 4.74 Å². The Kier molecular flexibility index (Phi) is 3.22. The molecule has 98 valence electrons. The van der Waals surface area contributed by atoms with Crippen molar-refractivity contribution in [2.24, 2.45) is 0 Å². The summed E-state index contributed by atoms with van der Waals surface area (Å²) in [5.74, 6) is 0.108. The molecule has 3 rings (SSSR count). The molecule has 3 heteroatoms. The Labute approximate surface area is 112 Å². The van der Waals surface area contributed by atoms with E-state index in [0.717, 1.165) is 16.5 Å². The van der Waals surface area contributed by atoms with Crippen molar-refractivity contribution in [1.29, 1.82) is 0 Å². The number of hydrogen-bond donors (Lipinski definition) is 0. The van der Waals surface area contributed by atoms with Gasteiger partial charge in [0.15, 0.2) is 0 Å². The summed E-state index contributed by atoms with van der Waals surface area (Å²) in [4.78, 5) is 14.3. The summed E-state index contributed by atoms with van der Waals surface area (Å²) >= 11 is 0. The van der Waals surface area contributed by atoms with Gasteiger partial charge in [0.05, 0.1) is 13.2 Å². The van der Waals surface area contributed by atoms with Crippen LogP contribution in [0.5, 0.6) is 0 Å². The molecule has 2 aromatic carbocycles. The largest absolute Gasteiger partial charge is 0.378 e. The van der Waals surface area contributed by atoms with Crippen LogP contribution in [-0.4, -0.2) is 37.1 Å². The summed E-state index contributed by atoms with van der Waals surface area (Å²) in [5, 5.41) is 2.33. The predicted octanol–water partition coefficient (Wildman–Crippen LogP) is 2.62. The van der Waals surface area contributed by atoms with Gasteiger partial charge >= 0.3 is 0 Å². The molecule has 1 heterocycles. The van der Waals surface area contributed by atoms with Crippen LogP contribution >= 0.6 is 0 Å². The second-order valence-electron chi connectivity index (χ2n) is 4.92. The number of amides is 1. The summed E-state index contributed by atoms with van der Waals surface area (Å²) in [7, 11) is 0. The van der Waals surface area contributed by atoms with Gasteiger partial charge in [-0.3, -0.25) is 4.79 Å². The van der Waals surface area contributed by atoms with Crippen molar-refractivity contribution in [3.05, 3.63) is 47.5 Å². The molecule has 0 spiro atoms. The van der Waals surface area contributed by atoms with Gasteiger partial charge in [0.25, 0.3) is 5.91 Å². The van der Waals surface area contributed by atoms with E-state index in [1.807, 2.05) is 29.2 Å². The molecule has 0 atom stereocenters. The molecule has 19 heavy (non-hydrogen) atoms. The minimum atomic E-state index is 0.108. The molecule has 0 unspecified atom stereocenters. The fraction of sp³-hybridized carbons (Fsp3) is 0.312. The molecule has 0 saturated carbocycles. The molecule has 1 saturated heterocycles. The first-order valence-corrected chi connectivity index (χ1v) is 6.62.